The molecule has 0 spiro atoms. The topological polar surface area (TPSA) is 96.4 Å². The molecule has 0 radical (unpaired) electrons. The molecule has 0 bridgehead atoms. The lowest BCUT2D eigenvalue weighted by atomic mass is 10.1. The van der Waals surface area contributed by atoms with Crippen molar-refractivity contribution in [2.75, 3.05) is 6.54 Å². The average molecular weight is 499 g/mol. The number of hydrogen-bond acceptors (Lipinski definition) is 5. The molecular weight excluding hydrogens is 477 g/mol. The highest BCUT2D eigenvalue weighted by Gasteiger charge is 2.30. The third-order valence-electron chi connectivity index (χ3n) is 4.92. The molecule has 3 aromatic rings. The number of benzene rings is 2. The minimum Gasteiger partial charge on any atom is -0.478 e. The number of rotatable bonds is 9. The van der Waals surface area contributed by atoms with Crippen LogP contribution in [-0.2, 0) is 29.0 Å². The summed E-state index contributed by atoms with van der Waals surface area (Å²) in [5.74, 6) is -1.18. The second-order valence-corrected chi connectivity index (χ2v) is 9.82. The molecule has 0 saturated carbocycles. The van der Waals surface area contributed by atoms with Crippen LogP contribution in [0, 0.1) is 0 Å². The van der Waals surface area contributed by atoms with Gasteiger partial charge in [0, 0.05) is 17.5 Å². The highest BCUT2D eigenvalue weighted by Crippen LogP contribution is 2.31. The van der Waals surface area contributed by atoms with Gasteiger partial charge in [0.05, 0.1) is 21.7 Å². The predicted molar refractivity (Wildman–Crippen MR) is 119 cm³/mol. The van der Waals surface area contributed by atoms with Gasteiger partial charge in [-0.3, -0.25) is 0 Å². The molecule has 0 unspecified atom stereocenters. The van der Waals surface area contributed by atoms with E-state index < -0.39 is 27.7 Å². The number of carboxylic acids is 1. The van der Waals surface area contributed by atoms with E-state index in [0.29, 0.717) is 41.1 Å². The van der Waals surface area contributed by atoms with Gasteiger partial charge in [-0.25, -0.2) is 22.9 Å². The Morgan fingerprint density at radius 2 is 1.85 bits per heavy atom. The summed E-state index contributed by atoms with van der Waals surface area (Å²) < 4.78 is 65.5. The predicted octanol–water partition coefficient (Wildman–Crippen LogP) is 5.00. The van der Waals surface area contributed by atoms with Gasteiger partial charge in [0.2, 0.25) is 10.0 Å². The molecule has 0 saturated heterocycles. The van der Waals surface area contributed by atoms with Crippen LogP contribution in [0.2, 0.25) is 0 Å². The molecule has 1 aromatic heterocycles. The van der Waals surface area contributed by atoms with Gasteiger partial charge < -0.3 is 5.11 Å². The van der Waals surface area contributed by atoms with E-state index in [4.69, 9.17) is 0 Å². The Hall–Kier alpha value is -2.76. The summed E-state index contributed by atoms with van der Waals surface area (Å²) in [5, 5.41) is 11.7. The van der Waals surface area contributed by atoms with Crippen molar-refractivity contribution in [1.82, 2.24) is 9.71 Å². The van der Waals surface area contributed by atoms with E-state index in [1.54, 1.807) is 12.3 Å². The van der Waals surface area contributed by atoms with Crippen LogP contribution in [0.25, 0.3) is 10.6 Å². The van der Waals surface area contributed by atoms with Crippen LogP contribution in [0.4, 0.5) is 13.2 Å². The lowest BCUT2D eigenvalue weighted by Gasteiger charge is -2.09. The number of aryl methyl sites for hydroxylation is 2. The third kappa shape index (κ3) is 6.18. The first-order valence-electron chi connectivity index (χ1n) is 9.99. The second kappa shape index (κ2) is 10.0. The molecule has 11 heteroatoms. The monoisotopic (exact) mass is 498 g/mol. The van der Waals surface area contributed by atoms with Gasteiger partial charge in [-0.2, -0.15) is 13.2 Å². The maximum absolute atomic E-state index is 12.7. The van der Waals surface area contributed by atoms with E-state index in [0.717, 1.165) is 18.2 Å². The SMILES string of the molecule is CCc1ccc(S(=O)(=O)NCCCc2csc(-c3ccc(C(F)(F)F)cc3)n2)cc1C(=O)O. The minimum atomic E-state index is -4.40. The zero-order chi connectivity index (χ0) is 24.2. The molecule has 1 heterocycles. The first-order valence-corrected chi connectivity index (χ1v) is 12.4. The smallest absolute Gasteiger partial charge is 0.416 e. The van der Waals surface area contributed by atoms with Crippen molar-refractivity contribution in [2.45, 2.75) is 37.3 Å². The lowest BCUT2D eigenvalue weighted by Crippen LogP contribution is -2.25. The highest BCUT2D eigenvalue weighted by atomic mass is 32.2. The molecule has 0 aliphatic rings. The summed E-state index contributed by atoms with van der Waals surface area (Å²) in [5.41, 5.74) is 1.06. The Morgan fingerprint density at radius 3 is 2.45 bits per heavy atom. The van der Waals surface area contributed by atoms with E-state index in [1.165, 1.54) is 35.6 Å². The minimum absolute atomic E-state index is 0.0429. The number of carboxylic acid groups (broad SMARTS) is 1. The number of thiazole rings is 1. The average Bonchev–Trinajstić information content (AvgIpc) is 3.24. The maximum Gasteiger partial charge on any atom is 0.416 e. The Bertz CT molecular complexity index is 1240. The van der Waals surface area contributed by atoms with Crippen LogP contribution in [0.15, 0.2) is 52.7 Å². The Balaban J connectivity index is 1.58. The molecule has 2 N–H and O–H groups in total. The van der Waals surface area contributed by atoms with Crippen molar-refractivity contribution in [3.8, 4) is 10.6 Å². The van der Waals surface area contributed by atoms with Gasteiger partial charge in [0.1, 0.15) is 5.01 Å². The quantitative estimate of drug-likeness (QED) is 0.405. The van der Waals surface area contributed by atoms with Crippen LogP contribution >= 0.6 is 11.3 Å². The molecule has 0 atom stereocenters. The van der Waals surface area contributed by atoms with Gasteiger partial charge in [-0.05, 0) is 49.1 Å². The van der Waals surface area contributed by atoms with Gasteiger partial charge in [0.15, 0.2) is 0 Å². The first-order chi connectivity index (χ1) is 15.5. The van der Waals surface area contributed by atoms with Gasteiger partial charge in [0.25, 0.3) is 0 Å². The highest BCUT2D eigenvalue weighted by molar-refractivity contribution is 7.89. The molecule has 0 aliphatic heterocycles. The van der Waals surface area contributed by atoms with Crippen LogP contribution in [0.5, 0.6) is 0 Å². The van der Waals surface area contributed by atoms with E-state index in [-0.39, 0.29) is 17.0 Å². The number of sulfonamides is 1. The van der Waals surface area contributed by atoms with Crippen LogP contribution in [0.1, 0.15) is 40.5 Å². The summed E-state index contributed by atoms with van der Waals surface area (Å²) in [6.07, 6.45) is -3.02. The number of aromatic nitrogens is 1. The van der Waals surface area contributed by atoms with Gasteiger partial charge in [-0.15, -0.1) is 11.3 Å². The van der Waals surface area contributed by atoms with Crippen molar-refractivity contribution >= 4 is 27.3 Å². The first kappa shape index (κ1) is 24.9. The molecule has 3 rings (SSSR count). The number of nitrogens with one attached hydrogen (secondary N) is 1. The summed E-state index contributed by atoms with van der Waals surface area (Å²) in [6, 6.07) is 8.78. The van der Waals surface area contributed by atoms with Crippen LogP contribution < -0.4 is 4.72 Å². The normalized spacial score (nSPS) is 12.1. The molecule has 0 fully saturated rings. The van der Waals surface area contributed by atoms with E-state index in [9.17, 15) is 31.5 Å². The number of hydrogen-bond donors (Lipinski definition) is 2. The zero-order valence-corrected chi connectivity index (χ0v) is 19.1. The molecule has 0 aliphatic carbocycles. The lowest BCUT2D eigenvalue weighted by molar-refractivity contribution is -0.137. The second-order valence-electron chi connectivity index (χ2n) is 7.20. The van der Waals surface area contributed by atoms with Gasteiger partial charge in [-0.1, -0.05) is 25.1 Å². The van der Waals surface area contributed by atoms with Crippen LogP contribution in [0.3, 0.4) is 0 Å². The Kier molecular flexibility index (Phi) is 7.55. The number of nitrogens with zero attached hydrogens (tertiary/aromatic N) is 1. The zero-order valence-electron chi connectivity index (χ0n) is 17.5. The molecule has 0 amide bonds. The number of alkyl halides is 3. The number of carbonyl (C=O) groups is 1. The molecular formula is C22H21F3N2O4S2. The fourth-order valence-electron chi connectivity index (χ4n) is 3.15. The maximum atomic E-state index is 12.7. The number of halogens is 3. The van der Waals surface area contributed by atoms with E-state index >= 15 is 0 Å². The van der Waals surface area contributed by atoms with E-state index in [2.05, 4.69) is 9.71 Å². The largest absolute Gasteiger partial charge is 0.478 e. The van der Waals surface area contributed by atoms with Gasteiger partial charge >= 0.3 is 12.1 Å². The molecule has 176 valence electrons. The summed E-state index contributed by atoms with van der Waals surface area (Å²) >= 11 is 1.30. The van der Waals surface area contributed by atoms with Crippen molar-refractivity contribution < 1.29 is 31.5 Å². The Morgan fingerprint density at radius 1 is 1.15 bits per heavy atom. The standard InChI is InChI=1S/C22H21F3N2O4S2/c1-2-14-7-10-18(12-19(14)21(28)29)33(30,31)26-11-3-4-17-13-32-20(27-17)15-5-8-16(9-6-15)22(23,24)25/h5-10,12-13,26H,2-4,11H2,1H3,(H,28,29). The Labute approximate surface area is 193 Å². The van der Waals surface area contributed by atoms with Crippen LogP contribution in [-0.4, -0.2) is 31.0 Å². The summed E-state index contributed by atoms with van der Waals surface area (Å²) in [4.78, 5) is 15.7. The van der Waals surface area contributed by atoms with E-state index in [1.807, 2.05) is 0 Å². The van der Waals surface area contributed by atoms with Crippen molar-refractivity contribution in [3.05, 3.63) is 70.2 Å². The number of aromatic carboxylic acids is 1. The summed E-state index contributed by atoms with van der Waals surface area (Å²) in [7, 11) is -3.87. The molecule has 6 nitrogen and oxygen atoms in total. The molecule has 33 heavy (non-hydrogen) atoms. The van der Waals surface area contributed by atoms with Crippen molar-refractivity contribution in [3.63, 3.8) is 0 Å². The third-order valence-corrected chi connectivity index (χ3v) is 7.31. The molecule has 2 aromatic carbocycles. The fourth-order valence-corrected chi connectivity index (χ4v) is 5.11. The summed E-state index contributed by atoms with van der Waals surface area (Å²) in [6.45, 7) is 1.91. The van der Waals surface area contributed by atoms with Crippen molar-refractivity contribution in [1.29, 1.82) is 0 Å². The fraction of sp³-hybridized carbons (Fsp3) is 0.273. The van der Waals surface area contributed by atoms with Crippen molar-refractivity contribution in [2.24, 2.45) is 0 Å².